The minimum Gasteiger partial charge on any atom is -0.508 e. The molecule has 0 saturated carbocycles. The van der Waals surface area contributed by atoms with Crippen molar-refractivity contribution in [2.45, 2.75) is 12.8 Å². The van der Waals surface area contributed by atoms with Crippen LogP contribution in [-0.2, 0) is 0 Å². The molecule has 0 atom stereocenters. The zero-order chi connectivity index (χ0) is 19.3. The second-order valence-corrected chi connectivity index (χ2v) is 7.34. The van der Waals surface area contributed by atoms with E-state index in [9.17, 15) is 5.11 Å². The SMILES string of the molecule is Nc1ccc(/C(=C(/CCC2C=CC=C2)C2C=CC=C2)c2ccc(O)cc2)cc1. The number of nitrogen functional groups attached to an aromatic ring is 1. The number of rotatable bonds is 6. The molecule has 2 nitrogen and oxygen atoms in total. The maximum atomic E-state index is 9.77. The van der Waals surface area contributed by atoms with E-state index in [0.717, 1.165) is 29.7 Å². The van der Waals surface area contributed by atoms with Crippen LogP contribution < -0.4 is 5.73 Å². The van der Waals surface area contributed by atoms with E-state index < -0.39 is 0 Å². The molecule has 4 rings (SSSR count). The summed E-state index contributed by atoms with van der Waals surface area (Å²) in [4.78, 5) is 0. The Kier molecular flexibility index (Phi) is 5.29. The van der Waals surface area contributed by atoms with Gasteiger partial charge >= 0.3 is 0 Å². The number of aromatic hydroxyl groups is 1. The molecule has 140 valence electrons. The van der Waals surface area contributed by atoms with Gasteiger partial charge in [-0.2, -0.15) is 0 Å². The van der Waals surface area contributed by atoms with Crippen molar-refractivity contribution in [1.29, 1.82) is 0 Å². The van der Waals surface area contributed by atoms with Gasteiger partial charge in [0.2, 0.25) is 0 Å². The average Bonchev–Trinajstić information content (AvgIpc) is 3.41. The van der Waals surface area contributed by atoms with Gasteiger partial charge < -0.3 is 10.8 Å². The molecule has 2 aliphatic rings. The predicted molar refractivity (Wildman–Crippen MR) is 118 cm³/mol. The highest BCUT2D eigenvalue weighted by molar-refractivity contribution is 5.83. The molecule has 0 amide bonds. The van der Waals surface area contributed by atoms with Crippen molar-refractivity contribution in [3.63, 3.8) is 0 Å². The highest BCUT2D eigenvalue weighted by Crippen LogP contribution is 2.37. The van der Waals surface area contributed by atoms with E-state index >= 15 is 0 Å². The number of benzene rings is 2. The minimum atomic E-state index is 0.281. The summed E-state index contributed by atoms with van der Waals surface area (Å²) >= 11 is 0. The molecule has 2 aromatic rings. The van der Waals surface area contributed by atoms with Crippen LogP contribution >= 0.6 is 0 Å². The van der Waals surface area contributed by atoms with E-state index in [1.54, 1.807) is 12.1 Å². The van der Waals surface area contributed by atoms with Gasteiger partial charge in [0.25, 0.3) is 0 Å². The summed E-state index contributed by atoms with van der Waals surface area (Å²) < 4.78 is 0. The molecule has 0 aliphatic heterocycles. The summed E-state index contributed by atoms with van der Waals surface area (Å²) in [6.45, 7) is 0. The quantitative estimate of drug-likeness (QED) is 0.611. The standard InChI is InChI=1S/C26H25NO/c27-23-14-10-21(11-15-23)26(22-12-16-24(28)17-13-22)25(20-7-3-4-8-20)18-9-19-5-1-2-6-19/h1-8,10-17,19-20,28H,9,18,27H2/b26-25+. The lowest BCUT2D eigenvalue weighted by atomic mass is 9.83. The van der Waals surface area contributed by atoms with E-state index in [1.165, 1.54) is 11.1 Å². The Hall–Kier alpha value is -3.26. The van der Waals surface area contributed by atoms with Crippen LogP contribution in [0, 0.1) is 11.8 Å². The second kappa shape index (κ2) is 8.18. The Morgan fingerprint density at radius 3 is 1.89 bits per heavy atom. The van der Waals surface area contributed by atoms with E-state index in [-0.39, 0.29) is 11.7 Å². The largest absolute Gasteiger partial charge is 0.508 e. The van der Waals surface area contributed by atoms with Crippen LogP contribution in [0.4, 0.5) is 5.69 Å². The van der Waals surface area contributed by atoms with Gasteiger partial charge in [0.1, 0.15) is 5.75 Å². The highest BCUT2D eigenvalue weighted by atomic mass is 16.3. The molecule has 2 aromatic carbocycles. The van der Waals surface area contributed by atoms with Crippen LogP contribution in [0.3, 0.4) is 0 Å². The van der Waals surface area contributed by atoms with Crippen molar-refractivity contribution in [1.82, 2.24) is 0 Å². The molecule has 0 bridgehead atoms. The summed E-state index contributed by atoms with van der Waals surface area (Å²) in [6, 6.07) is 15.6. The lowest BCUT2D eigenvalue weighted by Gasteiger charge is -2.21. The molecule has 28 heavy (non-hydrogen) atoms. The van der Waals surface area contributed by atoms with Crippen molar-refractivity contribution < 1.29 is 5.11 Å². The Balaban J connectivity index is 1.82. The van der Waals surface area contributed by atoms with Crippen LogP contribution in [0.15, 0.2) is 103 Å². The first-order valence-corrected chi connectivity index (χ1v) is 9.79. The van der Waals surface area contributed by atoms with Crippen molar-refractivity contribution in [2.24, 2.45) is 11.8 Å². The molecule has 0 spiro atoms. The fraction of sp³-hybridized carbons (Fsp3) is 0.154. The van der Waals surface area contributed by atoms with Gasteiger partial charge in [-0.3, -0.25) is 0 Å². The Morgan fingerprint density at radius 2 is 1.29 bits per heavy atom. The van der Waals surface area contributed by atoms with Crippen molar-refractivity contribution >= 4 is 11.3 Å². The smallest absolute Gasteiger partial charge is 0.115 e. The van der Waals surface area contributed by atoms with Crippen molar-refractivity contribution in [3.8, 4) is 5.75 Å². The van der Waals surface area contributed by atoms with Crippen LogP contribution in [0.5, 0.6) is 5.75 Å². The number of allylic oxidation sites excluding steroid dienone is 9. The molecule has 0 unspecified atom stereocenters. The van der Waals surface area contributed by atoms with E-state index in [4.69, 9.17) is 5.73 Å². The molecule has 0 fully saturated rings. The number of anilines is 1. The second-order valence-electron chi connectivity index (χ2n) is 7.34. The van der Waals surface area contributed by atoms with Gasteiger partial charge in [-0.25, -0.2) is 0 Å². The first-order chi connectivity index (χ1) is 13.7. The summed E-state index contributed by atoms with van der Waals surface area (Å²) in [5.74, 6) is 1.07. The topological polar surface area (TPSA) is 46.2 Å². The fourth-order valence-corrected chi connectivity index (χ4v) is 3.93. The summed E-state index contributed by atoms with van der Waals surface area (Å²) in [7, 11) is 0. The third kappa shape index (κ3) is 4.01. The summed E-state index contributed by atoms with van der Waals surface area (Å²) in [6.07, 6.45) is 19.6. The molecule has 2 aliphatic carbocycles. The lowest BCUT2D eigenvalue weighted by molar-refractivity contribution is 0.475. The first-order valence-electron chi connectivity index (χ1n) is 9.79. The molecule has 0 aromatic heterocycles. The van der Waals surface area contributed by atoms with E-state index in [1.807, 2.05) is 24.3 Å². The molecule has 3 N–H and O–H groups in total. The molecule has 2 heteroatoms. The average molecular weight is 367 g/mol. The Labute approximate surface area is 166 Å². The highest BCUT2D eigenvalue weighted by Gasteiger charge is 2.20. The molecular formula is C26H25NO. The number of hydrogen-bond acceptors (Lipinski definition) is 2. The molecule has 0 radical (unpaired) electrons. The zero-order valence-corrected chi connectivity index (χ0v) is 15.8. The number of phenols is 1. The third-order valence-electron chi connectivity index (χ3n) is 5.40. The normalized spacial score (nSPS) is 16.9. The number of phenolic OH excluding ortho intramolecular Hbond substituents is 1. The van der Waals surface area contributed by atoms with Crippen molar-refractivity contribution in [2.75, 3.05) is 5.73 Å². The third-order valence-corrected chi connectivity index (χ3v) is 5.40. The van der Waals surface area contributed by atoms with Gasteiger partial charge in [0.15, 0.2) is 0 Å². The maximum Gasteiger partial charge on any atom is 0.115 e. The van der Waals surface area contributed by atoms with Crippen LogP contribution in [0.2, 0.25) is 0 Å². The minimum absolute atomic E-state index is 0.281. The molecule has 0 heterocycles. The summed E-state index contributed by atoms with van der Waals surface area (Å²) in [5, 5.41) is 9.77. The molecule has 0 saturated heterocycles. The first kappa shape index (κ1) is 18.1. The van der Waals surface area contributed by atoms with Gasteiger partial charge in [0, 0.05) is 11.6 Å². The van der Waals surface area contributed by atoms with Gasteiger partial charge in [-0.05, 0) is 59.7 Å². The number of hydrogen-bond donors (Lipinski definition) is 2. The van der Waals surface area contributed by atoms with Gasteiger partial charge in [0.05, 0.1) is 0 Å². The van der Waals surface area contributed by atoms with E-state index in [2.05, 4.69) is 60.7 Å². The van der Waals surface area contributed by atoms with Crippen molar-refractivity contribution in [3.05, 3.63) is 114 Å². The Morgan fingerprint density at radius 1 is 0.750 bits per heavy atom. The molecular weight excluding hydrogens is 342 g/mol. The van der Waals surface area contributed by atoms with Crippen LogP contribution in [0.25, 0.3) is 5.57 Å². The summed E-state index contributed by atoms with van der Waals surface area (Å²) in [5.41, 5.74) is 11.6. The zero-order valence-electron chi connectivity index (χ0n) is 15.8. The van der Waals surface area contributed by atoms with Crippen LogP contribution in [-0.4, -0.2) is 5.11 Å². The van der Waals surface area contributed by atoms with Gasteiger partial charge in [-0.1, -0.05) is 78.4 Å². The van der Waals surface area contributed by atoms with Gasteiger partial charge in [-0.15, -0.1) is 0 Å². The maximum absolute atomic E-state index is 9.77. The number of nitrogens with two attached hydrogens (primary N) is 1. The predicted octanol–water partition coefficient (Wildman–Crippen LogP) is 6.04. The lowest BCUT2D eigenvalue weighted by Crippen LogP contribution is -2.05. The fourth-order valence-electron chi connectivity index (χ4n) is 3.93. The van der Waals surface area contributed by atoms with Crippen LogP contribution in [0.1, 0.15) is 24.0 Å². The Bertz CT molecular complexity index is 901. The van der Waals surface area contributed by atoms with E-state index in [0.29, 0.717) is 5.92 Å². The monoisotopic (exact) mass is 367 g/mol.